The lowest BCUT2D eigenvalue weighted by Crippen LogP contribution is -2.53. The number of nitriles is 1. The van der Waals surface area contributed by atoms with E-state index in [1.165, 1.54) is 5.56 Å². The summed E-state index contributed by atoms with van der Waals surface area (Å²) in [4.78, 5) is 2.36. The molecule has 140 valence electrons. The van der Waals surface area contributed by atoms with E-state index in [4.69, 9.17) is 14.7 Å². The molecule has 28 heavy (non-hydrogen) atoms. The van der Waals surface area contributed by atoms with Crippen molar-refractivity contribution in [2.75, 3.05) is 13.1 Å². The summed E-state index contributed by atoms with van der Waals surface area (Å²) >= 11 is 0. The molecule has 3 aromatic rings. The second kappa shape index (κ2) is 8.60. The topological polar surface area (TPSA) is 45.5 Å². The van der Waals surface area contributed by atoms with E-state index in [0.717, 1.165) is 42.4 Å². The number of likely N-dealkylation sites (tertiary alicyclic amines) is 1. The predicted octanol–water partition coefficient (Wildman–Crippen LogP) is 4.81. The van der Waals surface area contributed by atoms with E-state index in [1.807, 2.05) is 66.7 Å². The molecule has 4 rings (SSSR count). The van der Waals surface area contributed by atoms with Gasteiger partial charge in [0.05, 0.1) is 12.5 Å². The molecular formula is C24H22N2O2. The van der Waals surface area contributed by atoms with Gasteiger partial charge in [-0.1, -0.05) is 42.5 Å². The average Bonchev–Trinajstić information content (AvgIpc) is 2.70. The van der Waals surface area contributed by atoms with Crippen LogP contribution >= 0.6 is 0 Å². The zero-order valence-corrected chi connectivity index (χ0v) is 15.6. The minimum atomic E-state index is 0.225. The Bertz CT molecular complexity index is 925. The van der Waals surface area contributed by atoms with Crippen molar-refractivity contribution in [3.8, 4) is 23.3 Å². The average molecular weight is 370 g/mol. The van der Waals surface area contributed by atoms with Crippen LogP contribution in [-0.2, 0) is 13.0 Å². The fraction of sp³-hybridized carbons (Fsp3) is 0.208. The van der Waals surface area contributed by atoms with E-state index in [0.29, 0.717) is 6.42 Å². The quantitative estimate of drug-likeness (QED) is 0.599. The normalized spacial score (nSPS) is 14.1. The molecule has 1 saturated heterocycles. The third-order valence-corrected chi connectivity index (χ3v) is 4.74. The van der Waals surface area contributed by atoms with Crippen LogP contribution in [0.25, 0.3) is 0 Å². The van der Waals surface area contributed by atoms with Crippen LogP contribution in [0.2, 0.25) is 0 Å². The van der Waals surface area contributed by atoms with Crippen molar-refractivity contribution in [3.63, 3.8) is 0 Å². The third kappa shape index (κ3) is 4.70. The van der Waals surface area contributed by atoms with Gasteiger partial charge in [0.2, 0.25) is 0 Å². The maximum absolute atomic E-state index is 8.72. The molecule has 0 aliphatic carbocycles. The lowest BCUT2D eigenvalue weighted by atomic mass is 10.1. The van der Waals surface area contributed by atoms with Crippen LogP contribution < -0.4 is 9.47 Å². The van der Waals surface area contributed by atoms with E-state index >= 15 is 0 Å². The summed E-state index contributed by atoms with van der Waals surface area (Å²) in [6, 6.07) is 28.0. The Morgan fingerprint density at radius 2 is 1.39 bits per heavy atom. The van der Waals surface area contributed by atoms with Crippen LogP contribution in [0.15, 0.2) is 78.9 Å². The van der Waals surface area contributed by atoms with Crippen LogP contribution in [0.3, 0.4) is 0 Å². The first kappa shape index (κ1) is 18.1. The Balaban J connectivity index is 1.23. The molecule has 1 aliphatic rings. The first-order valence-corrected chi connectivity index (χ1v) is 9.45. The zero-order chi connectivity index (χ0) is 19.2. The molecule has 4 nitrogen and oxygen atoms in total. The van der Waals surface area contributed by atoms with Crippen molar-refractivity contribution in [2.24, 2.45) is 0 Å². The SMILES string of the molecule is N#CCc1ccc(OC2CN(Cc3ccc(Oc4ccccc4)cc3)C2)cc1. The monoisotopic (exact) mass is 370 g/mol. The Hall–Kier alpha value is -3.29. The van der Waals surface area contributed by atoms with Gasteiger partial charge in [0.15, 0.2) is 0 Å². The van der Waals surface area contributed by atoms with Crippen molar-refractivity contribution in [1.29, 1.82) is 5.26 Å². The van der Waals surface area contributed by atoms with Crippen LogP contribution in [-0.4, -0.2) is 24.1 Å². The standard InChI is InChI=1S/C24H22N2O2/c25-15-14-19-6-10-23(11-7-19)28-24-17-26(18-24)16-20-8-12-22(13-9-20)27-21-4-2-1-3-5-21/h1-13,24H,14,16-18H2. The Morgan fingerprint density at radius 1 is 0.786 bits per heavy atom. The Labute approximate surface area is 165 Å². The molecule has 0 atom stereocenters. The van der Waals surface area contributed by atoms with Crippen LogP contribution in [0.1, 0.15) is 11.1 Å². The zero-order valence-electron chi connectivity index (χ0n) is 15.6. The molecule has 0 saturated carbocycles. The Kier molecular flexibility index (Phi) is 5.56. The van der Waals surface area contributed by atoms with E-state index in [9.17, 15) is 0 Å². The number of hydrogen-bond donors (Lipinski definition) is 0. The van der Waals surface area contributed by atoms with Gasteiger partial charge in [-0.05, 0) is 47.5 Å². The highest BCUT2D eigenvalue weighted by Crippen LogP contribution is 2.24. The van der Waals surface area contributed by atoms with Gasteiger partial charge in [-0.2, -0.15) is 5.26 Å². The fourth-order valence-corrected chi connectivity index (χ4v) is 3.24. The van der Waals surface area contributed by atoms with Crippen molar-refractivity contribution in [2.45, 2.75) is 19.1 Å². The lowest BCUT2D eigenvalue weighted by molar-refractivity contribution is 0.0145. The first-order chi connectivity index (χ1) is 13.8. The van der Waals surface area contributed by atoms with Crippen molar-refractivity contribution < 1.29 is 9.47 Å². The van der Waals surface area contributed by atoms with Gasteiger partial charge in [-0.3, -0.25) is 4.90 Å². The van der Waals surface area contributed by atoms with Crippen LogP contribution in [0, 0.1) is 11.3 Å². The molecule has 0 aromatic heterocycles. The highest BCUT2D eigenvalue weighted by Gasteiger charge is 2.28. The van der Waals surface area contributed by atoms with Gasteiger partial charge >= 0.3 is 0 Å². The number of hydrogen-bond acceptors (Lipinski definition) is 4. The Morgan fingerprint density at radius 3 is 2.07 bits per heavy atom. The van der Waals surface area contributed by atoms with E-state index in [-0.39, 0.29) is 6.10 Å². The highest BCUT2D eigenvalue weighted by atomic mass is 16.5. The molecule has 0 amide bonds. The number of ether oxygens (including phenoxy) is 2. The van der Waals surface area contributed by atoms with Gasteiger partial charge in [0, 0.05) is 19.6 Å². The van der Waals surface area contributed by atoms with E-state index in [1.54, 1.807) is 0 Å². The predicted molar refractivity (Wildman–Crippen MR) is 108 cm³/mol. The summed E-state index contributed by atoms with van der Waals surface area (Å²) in [5.41, 5.74) is 2.28. The minimum absolute atomic E-state index is 0.225. The molecule has 0 radical (unpaired) electrons. The van der Waals surface area contributed by atoms with Crippen molar-refractivity contribution >= 4 is 0 Å². The maximum atomic E-state index is 8.72. The van der Waals surface area contributed by atoms with Crippen LogP contribution in [0.4, 0.5) is 0 Å². The molecular weight excluding hydrogens is 348 g/mol. The van der Waals surface area contributed by atoms with Gasteiger partial charge in [-0.25, -0.2) is 0 Å². The van der Waals surface area contributed by atoms with Gasteiger partial charge in [0.25, 0.3) is 0 Å². The molecule has 0 spiro atoms. The summed E-state index contributed by atoms with van der Waals surface area (Å²) in [6.45, 7) is 2.75. The number of para-hydroxylation sites is 1. The number of rotatable bonds is 7. The minimum Gasteiger partial charge on any atom is -0.488 e. The molecule has 0 bridgehead atoms. The molecule has 0 N–H and O–H groups in total. The van der Waals surface area contributed by atoms with E-state index < -0.39 is 0 Å². The third-order valence-electron chi connectivity index (χ3n) is 4.74. The van der Waals surface area contributed by atoms with Crippen LogP contribution in [0.5, 0.6) is 17.2 Å². The molecule has 0 unspecified atom stereocenters. The lowest BCUT2D eigenvalue weighted by Gasteiger charge is -2.39. The van der Waals surface area contributed by atoms with E-state index in [2.05, 4.69) is 23.1 Å². The largest absolute Gasteiger partial charge is 0.488 e. The van der Waals surface area contributed by atoms with Gasteiger partial charge in [0.1, 0.15) is 23.4 Å². The molecule has 4 heteroatoms. The number of nitrogens with zero attached hydrogens (tertiary/aromatic N) is 2. The fourth-order valence-electron chi connectivity index (χ4n) is 3.24. The summed E-state index contributed by atoms with van der Waals surface area (Å²) in [5, 5.41) is 8.72. The summed E-state index contributed by atoms with van der Waals surface area (Å²) in [6.07, 6.45) is 0.662. The first-order valence-electron chi connectivity index (χ1n) is 9.45. The smallest absolute Gasteiger partial charge is 0.127 e. The molecule has 3 aromatic carbocycles. The summed E-state index contributed by atoms with van der Waals surface area (Å²) < 4.78 is 11.8. The maximum Gasteiger partial charge on any atom is 0.127 e. The molecule has 1 fully saturated rings. The second-order valence-corrected chi connectivity index (χ2v) is 6.97. The summed E-state index contributed by atoms with van der Waals surface area (Å²) in [5.74, 6) is 2.56. The van der Waals surface area contributed by atoms with Gasteiger partial charge in [-0.15, -0.1) is 0 Å². The van der Waals surface area contributed by atoms with Gasteiger partial charge < -0.3 is 9.47 Å². The van der Waals surface area contributed by atoms with Crippen molar-refractivity contribution in [1.82, 2.24) is 4.90 Å². The highest BCUT2D eigenvalue weighted by molar-refractivity contribution is 5.33. The molecule has 1 aliphatic heterocycles. The molecule has 1 heterocycles. The number of benzene rings is 3. The second-order valence-electron chi connectivity index (χ2n) is 6.97. The summed E-state index contributed by atoms with van der Waals surface area (Å²) in [7, 11) is 0. The van der Waals surface area contributed by atoms with Crippen molar-refractivity contribution in [3.05, 3.63) is 90.0 Å².